The molecule has 2 aromatic rings. The standard InChI is InChI=1S/C17H22ClN3O3/c1-17(2,3)24-16(23)20-9-7-11(8-10-20)21-13-6-4-5-12(18)14(13)19-15(21)22/h4-6,11H,7-10H2,1-3H3,(H,19,22). The summed E-state index contributed by atoms with van der Waals surface area (Å²) in [4.78, 5) is 29.0. The largest absolute Gasteiger partial charge is 0.444 e. The molecule has 1 aromatic carbocycles. The minimum Gasteiger partial charge on any atom is -0.444 e. The third-order valence-corrected chi connectivity index (χ3v) is 4.50. The highest BCUT2D eigenvalue weighted by Gasteiger charge is 2.29. The van der Waals surface area contributed by atoms with Crippen LogP contribution in [0.2, 0.25) is 5.02 Å². The molecule has 1 N–H and O–H groups in total. The molecule has 0 bridgehead atoms. The highest BCUT2D eigenvalue weighted by atomic mass is 35.5. The predicted octanol–water partition coefficient (Wildman–Crippen LogP) is 3.56. The summed E-state index contributed by atoms with van der Waals surface area (Å²) in [7, 11) is 0. The van der Waals surface area contributed by atoms with E-state index in [-0.39, 0.29) is 17.8 Å². The Morgan fingerprint density at radius 2 is 1.96 bits per heavy atom. The van der Waals surface area contributed by atoms with Crippen LogP contribution in [-0.2, 0) is 4.74 Å². The van der Waals surface area contributed by atoms with Gasteiger partial charge in [0.05, 0.1) is 16.1 Å². The van der Waals surface area contributed by atoms with Gasteiger partial charge in [0, 0.05) is 19.1 Å². The molecule has 0 spiro atoms. The quantitative estimate of drug-likeness (QED) is 0.854. The Bertz CT molecular complexity index is 811. The topological polar surface area (TPSA) is 67.3 Å². The number of rotatable bonds is 1. The normalized spacial score (nSPS) is 16.6. The van der Waals surface area contributed by atoms with Crippen LogP contribution in [0.5, 0.6) is 0 Å². The second-order valence-electron chi connectivity index (χ2n) is 7.13. The van der Waals surface area contributed by atoms with E-state index in [1.54, 1.807) is 15.5 Å². The van der Waals surface area contributed by atoms with Gasteiger partial charge in [0.2, 0.25) is 0 Å². The molecule has 7 heteroatoms. The summed E-state index contributed by atoms with van der Waals surface area (Å²) < 4.78 is 7.17. The highest BCUT2D eigenvalue weighted by Crippen LogP contribution is 2.28. The average Bonchev–Trinajstić information content (AvgIpc) is 2.83. The second-order valence-corrected chi connectivity index (χ2v) is 7.54. The summed E-state index contributed by atoms with van der Waals surface area (Å²) in [6.45, 7) is 6.70. The minimum atomic E-state index is -0.502. The Balaban J connectivity index is 1.76. The zero-order chi connectivity index (χ0) is 17.5. The number of aromatic amines is 1. The number of ether oxygens (including phenoxy) is 1. The van der Waals surface area contributed by atoms with Crippen molar-refractivity contribution in [1.82, 2.24) is 14.5 Å². The van der Waals surface area contributed by atoms with Crippen molar-refractivity contribution in [1.29, 1.82) is 0 Å². The van der Waals surface area contributed by atoms with Crippen molar-refractivity contribution >= 4 is 28.7 Å². The highest BCUT2D eigenvalue weighted by molar-refractivity contribution is 6.34. The molecule has 24 heavy (non-hydrogen) atoms. The number of nitrogens with one attached hydrogen (secondary N) is 1. The van der Waals surface area contributed by atoms with Gasteiger partial charge in [-0.1, -0.05) is 17.7 Å². The van der Waals surface area contributed by atoms with Crippen molar-refractivity contribution in [3.63, 3.8) is 0 Å². The Hall–Kier alpha value is -1.95. The van der Waals surface area contributed by atoms with Crippen molar-refractivity contribution in [3.8, 4) is 0 Å². The Kier molecular flexibility index (Phi) is 4.34. The molecule has 1 aliphatic heterocycles. The van der Waals surface area contributed by atoms with E-state index in [0.717, 1.165) is 5.52 Å². The number of likely N-dealkylation sites (tertiary alicyclic amines) is 1. The third kappa shape index (κ3) is 3.29. The zero-order valence-corrected chi connectivity index (χ0v) is 14.9. The van der Waals surface area contributed by atoms with Gasteiger partial charge in [-0.05, 0) is 45.7 Å². The van der Waals surface area contributed by atoms with Gasteiger partial charge in [-0.15, -0.1) is 0 Å². The minimum absolute atomic E-state index is 0.0448. The lowest BCUT2D eigenvalue weighted by Crippen LogP contribution is -2.43. The first-order valence-electron chi connectivity index (χ1n) is 8.13. The van der Waals surface area contributed by atoms with Crippen LogP contribution >= 0.6 is 11.6 Å². The Labute approximate surface area is 145 Å². The number of nitrogens with zero attached hydrogens (tertiary/aromatic N) is 2. The summed E-state index contributed by atoms with van der Waals surface area (Å²) >= 11 is 6.15. The van der Waals surface area contributed by atoms with Gasteiger partial charge >= 0.3 is 11.8 Å². The monoisotopic (exact) mass is 351 g/mol. The lowest BCUT2D eigenvalue weighted by Gasteiger charge is -2.33. The van der Waals surface area contributed by atoms with Crippen LogP contribution in [0.25, 0.3) is 11.0 Å². The first-order chi connectivity index (χ1) is 11.3. The lowest BCUT2D eigenvalue weighted by molar-refractivity contribution is 0.0189. The van der Waals surface area contributed by atoms with Gasteiger partial charge in [0.15, 0.2) is 0 Å². The van der Waals surface area contributed by atoms with Crippen molar-refractivity contribution in [2.24, 2.45) is 0 Å². The number of carbonyl (C=O) groups excluding carboxylic acids is 1. The van der Waals surface area contributed by atoms with E-state index in [1.807, 2.05) is 32.9 Å². The van der Waals surface area contributed by atoms with E-state index in [1.165, 1.54) is 0 Å². The Morgan fingerprint density at radius 3 is 2.58 bits per heavy atom. The van der Waals surface area contributed by atoms with Gasteiger partial charge in [0.25, 0.3) is 0 Å². The zero-order valence-electron chi connectivity index (χ0n) is 14.1. The molecule has 130 valence electrons. The molecular weight excluding hydrogens is 330 g/mol. The fourth-order valence-electron chi connectivity index (χ4n) is 3.11. The average molecular weight is 352 g/mol. The van der Waals surface area contributed by atoms with Crippen molar-refractivity contribution in [2.45, 2.75) is 45.3 Å². The summed E-state index contributed by atoms with van der Waals surface area (Å²) in [5.41, 5.74) is 0.814. The summed E-state index contributed by atoms with van der Waals surface area (Å²) in [6, 6.07) is 5.53. The smallest absolute Gasteiger partial charge is 0.410 e. The van der Waals surface area contributed by atoms with E-state index in [9.17, 15) is 9.59 Å². The lowest BCUT2D eigenvalue weighted by atomic mass is 10.0. The number of hydrogen-bond donors (Lipinski definition) is 1. The fraction of sp³-hybridized carbons (Fsp3) is 0.529. The van der Waals surface area contributed by atoms with Gasteiger partial charge < -0.3 is 14.6 Å². The summed E-state index contributed by atoms with van der Waals surface area (Å²) in [5, 5.41) is 0.537. The van der Waals surface area contributed by atoms with Crippen LogP contribution in [0.15, 0.2) is 23.0 Å². The summed E-state index contributed by atoms with van der Waals surface area (Å²) in [6.07, 6.45) is 1.12. The Morgan fingerprint density at radius 1 is 1.29 bits per heavy atom. The van der Waals surface area contributed by atoms with Crippen LogP contribution in [0.1, 0.15) is 39.7 Å². The van der Waals surface area contributed by atoms with Crippen LogP contribution in [-0.4, -0.2) is 39.2 Å². The number of imidazole rings is 1. The molecule has 0 saturated carbocycles. The summed E-state index contributed by atoms with van der Waals surface area (Å²) in [5.74, 6) is 0. The molecule has 0 radical (unpaired) electrons. The number of benzene rings is 1. The van der Waals surface area contributed by atoms with Gasteiger partial charge in [-0.25, -0.2) is 9.59 Å². The number of piperidine rings is 1. The van der Waals surface area contributed by atoms with E-state index in [0.29, 0.717) is 36.5 Å². The number of carbonyl (C=O) groups is 1. The molecular formula is C17H22ClN3O3. The number of aromatic nitrogens is 2. The number of para-hydroxylation sites is 1. The van der Waals surface area contributed by atoms with Crippen LogP contribution < -0.4 is 5.69 Å². The van der Waals surface area contributed by atoms with Crippen LogP contribution in [0.4, 0.5) is 4.79 Å². The molecule has 1 saturated heterocycles. The maximum absolute atomic E-state index is 12.3. The molecule has 0 atom stereocenters. The van der Waals surface area contributed by atoms with Crippen LogP contribution in [0.3, 0.4) is 0 Å². The SMILES string of the molecule is CC(C)(C)OC(=O)N1CCC(n2c(=O)[nH]c3c(Cl)cccc32)CC1. The maximum Gasteiger partial charge on any atom is 0.410 e. The molecule has 0 unspecified atom stereocenters. The van der Waals surface area contributed by atoms with E-state index in [2.05, 4.69) is 4.98 Å². The van der Waals surface area contributed by atoms with Gasteiger partial charge in [0.1, 0.15) is 5.60 Å². The van der Waals surface area contributed by atoms with Crippen molar-refractivity contribution < 1.29 is 9.53 Å². The fourth-order valence-corrected chi connectivity index (χ4v) is 3.33. The third-order valence-electron chi connectivity index (χ3n) is 4.18. The molecule has 6 nitrogen and oxygen atoms in total. The van der Waals surface area contributed by atoms with Gasteiger partial charge in [-0.2, -0.15) is 0 Å². The predicted molar refractivity (Wildman–Crippen MR) is 93.6 cm³/mol. The first kappa shape index (κ1) is 16.9. The number of fused-ring (bicyclic) bond motifs is 1. The molecule has 1 aromatic heterocycles. The van der Waals surface area contributed by atoms with E-state index < -0.39 is 5.60 Å². The molecule has 1 fully saturated rings. The number of hydrogen-bond acceptors (Lipinski definition) is 3. The number of H-pyrrole nitrogens is 1. The number of amides is 1. The second kappa shape index (κ2) is 6.16. The molecule has 3 rings (SSSR count). The molecule has 0 aliphatic carbocycles. The number of halogens is 1. The van der Waals surface area contributed by atoms with Crippen molar-refractivity contribution in [3.05, 3.63) is 33.7 Å². The molecule has 1 amide bonds. The molecule has 2 heterocycles. The molecule has 1 aliphatic rings. The first-order valence-corrected chi connectivity index (χ1v) is 8.51. The maximum atomic E-state index is 12.3. The van der Waals surface area contributed by atoms with Crippen molar-refractivity contribution in [2.75, 3.05) is 13.1 Å². The van der Waals surface area contributed by atoms with E-state index in [4.69, 9.17) is 16.3 Å². The van der Waals surface area contributed by atoms with Gasteiger partial charge in [-0.3, -0.25) is 4.57 Å². The van der Waals surface area contributed by atoms with Crippen LogP contribution in [0, 0.1) is 0 Å². The van der Waals surface area contributed by atoms with E-state index >= 15 is 0 Å².